The van der Waals surface area contributed by atoms with Gasteiger partial charge in [-0.2, -0.15) is 13.2 Å². The van der Waals surface area contributed by atoms with Gasteiger partial charge in [0.25, 0.3) is 0 Å². The van der Waals surface area contributed by atoms with Crippen LogP contribution in [0.5, 0.6) is 0 Å². The topological polar surface area (TPSA) is 71.4 Å². The van der Waals surface area contributed by atoms with Gasteiger partial charge in [-0.05, 0) is 85.4 Å². The predicted molar refractivity (Wildman–Crippen MR) is 150 cm³/mol. The molecule has 0 spiro atoms. The third kappa shape index (κ3) is 5.43. The van der Waals surface area contributed by atoms with Gasteiger partial charge in [0, 0.05) is 42.3 Å². The van der Waals surface area contributed by atoms with Crippen molar-refractivity contribution in [1.82, 2.24) is 14.9 Å². The summed E-state index contributed by atoms with van der Waals surface area (Å²) in [6.45, 7) is 1.80. The van der Waals surface area contributed by atoms with E-state index in [1.807, 2.05) is 48.2 Å². The average Bonchev–Trinajstić information content (AvgIpc) is 3.54. The number of halogens is 3. The van der Waals surface area contributed by atoms with E-state index in [1.165, 1.54) is 13.2 Å². The molecule has 7 nitrogen and oxygen atoms in total. The summed E-state index contributed by atoms with van der Waals surface area (Å²) in [5.74, 6) is -0.274. The van der Waals surface area contributed by atoms with Crippen molar-refractivity contribution in [2.45, 2.75) is 25.2 Å². The van der Waals surface area contributed by atoms with E-state index in [1.54, 1.807) is 35.2 Å². The Morgan fingerprint density at radius 1 is 1.07 bits per heavy atom. The summed E-state index contributed by atoms with van der Waals surface area (Å²) in [5.41, 5.74) is 3.28. The molecule has 1 saturated heterocycles. The molecule has 3 heterocycles. The fourth-order valence-corrected chi connectivity index (χ4v) is 5.24. The molecule has 0 radical (unpaired) electrons. The van der Waals surface area contributed by atoms with E-state index in [9.17, 15) is 18.0 Å². The number of benzene rings is 2. The molecule has 1 amide bonds. The number of aryl methyl sites for hydroxylation is 1. The Kier molecular flexibility index (Phi) is 7.59. The number of hydrogen-bond donors (Lipinski definition) is 2. The molecule has 2 aromatic heterocycles. The molecule has 206 valence electrons. The number of ether oxygens (including phenoxy) is 1. The number of thiocarbonyl (C=S) groups is 1. The van der Waals surface area contributed by atoms with E-state index >= 15 is 0 Å². The summed E-state index contributed by atoms with van der Waals surface area (Å²) in [6, 6.07) is 19.1. The minimum atomic E-state index is -4.47. The number of anilines is 2. The largest absolute Gasteiger partial charge is 0.416 e. The summed E-state index contributed by atoms with van der Waals surface area (Å²) >= 11 is 5.80. The molecule has 1 aliphatic heterocycles. The fraction of sp³-hybridized carbons (Fsp3) is 0.207. The zero-order valence-electron chi connectivity index (χ0n) is 21.6. The molecule has 2 aromatic carbocycles. The van der Waals surface area contributed by atoms with Gasteiger partial charge in [-0.25, -0.2) is 0 Å². The van der Waals surface area contributed by atoms with E-state index in [0.29, 0.717) is 16.5 Å². The minimum Gasteiger partial charge on any atom is -0.375 e. The van der Waals surface area contributed by atoms with Crippen LogP contribution in [0.15, 0.2) is 85.2 Å². The highest BCUT2D eigenvalue weighted by molar-refractivity contribution is 7.80. The second-order valence-corrected chi connectivity index (χ2v) is 9.71. The molecular weight excluding hydrogens is 539 g/mol. The second kappa shape index (κ2) is 11.1. The Morgan fingerprint density at radius 3 is 2.60 bits per heavy atom. The van der Waals surface area contributed by atoms with E-state index < -0.39 is 23.8 Å². The smallest absolute Gasteiger partial charge is 0.375 e. The molecule has 1 aliphatic rings. The monoisotopic (exact) mass is 565 g/mol. The maximum atomic E-state index is 13.5. The van der Waals surface area contributed by atoms with Gasteiger partial charge in [-0.3, -0.25) is 9.78 Å². The van der Waals surface area contributed by atoms with Crippen LogP contribution in [0, 0.1) is 6.92 Å². The number of methoxy groups -OCH3 is 1. The van der Waals surface area contributed by atoms with Crippen LogP contribution in [0.2, 0.25) is 0 Å². The van der Waals surface area contributed by atoms with Crippen LogP contribution in [0.1, 0.15) is 34.6 Å². The Balaban J connectivity index is 1.60. The fourth-order valence-electron chi connectivity index (χ4n) is 4.89. The van der Waals surface area contributed by atoms with Crippen LogP contribution in [0.25, 0.3) is 5.69 Å². The first-order valence-corrected chi connectivity index (χ1v) is 12.8. The minimum absolute atomic E-state index is 0.0678. The molecule has 1 fully saturated rings. The molecular formula is C29H26F3N5O2S. The van der Waals surface area contributed by atoms with Crippen LogP contribution >= 0.6 is 12.2 Å². The number of amides is 1. The van der Waals surface area contributed by atoms with Crippen molar-refractivity contribution >= 4 is 34.6 Å². The first kappa shape index (κ1) is 27.4. The van der Waals surface area contributed by atoms with E-state index in [2.05, 4.69) is 15.6 Å². The number of alkyl halides is 3. The second-order valence-electron chi connectivity index (χ2n) is 9.33. The normalized spacial score (nSPS) is 17.1. The molecule has 0 saturated carbocycles. The van der Waals surface area contributed by atoms with Crippen LogP contribution in [-0.4, -0.2) is 34.3 Å². The van der Waals surface area contributed by atoms with Crippen molar-refractivity contribution < 1.29 is 22.7 Å². The van der Waals surface area contributed by atoms with E-state index in [0.717, 1.165) is 34.8 Å². The lowest BCUT2D eigenvalue weighted by Gasteiger charge is -2.29. The molecule has 0 bridgehead atoms. The number of rotatable bonds is 7. The summed E-state index contributed by atoms with van der Waals surface area (Å²) in [4.78, 5) is 18.5. The van der Waals surface area contributed by atoms with Crippen LogP contribution in [0.4, 0.5) is 24.5 Å². The zero-order valence-corrected chi connectivity index (χ0v) is 22.5. The standard InChI is InChI=1S/C29H26F3N5O2S/c1-18-15-21(11-12-22(18)34-25(38)17-39-2)37-27(26(35-28(37)40)23-9-3-4-13-33-23)24-10-6-14-36(24)20-8-5-7-19(16-20)29(30,31)32/h3-16,26-27H,17H2,1-2H3,(H,34,38)(H,35,40). The van der Waals surface area contributed by atoms with Gasteiger partial charge in [0.15, 0.2) is 5.11 Å². The molecule has 2 N–H and O–H groups in total. The predicted octanol–water partition coefficient (Wildman–Crippen LogP) is 5.96. The highest BCUT2D eigenvalue weighted by Gasteiger charge is 2.42. The molecule has 11 heteroatoms. The Hall–Kier alpha value is -4.22. The van der Waals surface area contributed by atoms with Crippen molar-refractivity contribution in [2.75, 3.05) is 23.9 Å². The number of pyridine rings is 1. The number of nitrogens with one attached hydrogen (secondary N) is 2. The summed E-state index contributed by atoms with van der Waals surface area (Å²) < 4.78 is 47.2. The van der Waals surface area contributed by atoms with E-state index in [-0.39, 0.29) is 12.5 Å². The maximum Gasteiger partial charge on any atom is 0.416 e. The van der Waals surface area contributed by atoms with Crippen molar-refractivity contribution in [1.29, 1.82) is 0 Å². The Bertz CT molecular complexity index is 1540. The molecule has 40 heavy (non-hydrogen) atoms. The van der Waals surface area contributed by atoms with Crippen molar-refractivity contribution in [3.05, 3.63) is 108 Å². The van der Waals surface area contributed by atoms with Crippen molar-refractivity contribution in [3.8, 4) is 5.69 Å². The highest BCUT2D eigenvalue weighted by Crippen LogP contribution is 2.43. The van der Waals surface area contributed by atoms with Crippen molar-refractivity contribution in [2.24, 2.45) is 0 Å². The summed E-state index contributed by atoms with van der Waals surface area (Å²) in [5, 5.41) is 6.63. The molecule has 4 aromatic rings. The number of hydrogen-bond acceptors (Lipinski definition) is 4. The van der Waals surface area contributed by atoms with Crippen LogP contribution in [-0.2, 0) is 15.7 Å². The number of carbonyl (C=O) groups excluding carboxylic acids is 1. The van der Waals surface area contributed by atoms with Gasteiger partial charge in [0.2, 0.25) is 5.91 Å². The van der Waals surface area contributed by atoms with Gasteiger partial charge in [0.1, 0.15) is 12.6 Å². The summed E-state index contributed by atoms with van der Waals surface area (Å²) in [6.07, 6.45) is -1.05. The molecule has 2 unspecified atom stereocenters. The number of carbonyl (C=O) groups is 1. The lowest BCUT2D eigenvalue weighted by atomic mass is 10.00. The maximum absolute atomic E-state index is 13.5. The number of aromatic nitrogens is 2. The SMILES string of the molecule is COCC(=O)Nc1ccc(N2C(=S)NC(c3ccccn3)C2c2cccn2-c2cccc(C(F)(F)F)c2)cc1C. The molecule has 2 atom stereocenters. The van der Waals surface area contributed by atoms with Gasteiger partial charge in [-0.15, -0.1) is 0 Å². The quantitative estimate of drug-likeness (QED) is 0.270. The Labute approximate surface area is 234 Å². The van der Waals surface area contributed by atoms with Crippen LogP contribution < -0.4 is 15.5 Å². The van der Waals surface area contributed by atoms with Gasteiger partial charge in [-0.1, -0.05) is 12.1 Å². The lowest BCUT2D eigenvalue weighted by Crippen LogP contribution is -2.30. The summed E-state index contributed by atoms with van der Waals surface area (Å²) in [7, 11) is 1.45. The van der Waals surface area contributed by atoms with Crippen molar-refractivity contribution in [3.63, 3.8) is 0 Å². The first-order valence-electron chi connectivity index (χ1n) is 12.4. The highest BCUT2D eigenvalue weighted by atomic mass is 32.1. The first-order chi connectivity index (χ1) is 19.2. The van der Waals surface area contributed by atoms with Crippen LogP contribution in [0.3, 0.4) is 0 Å². The molecule has 5 rings (SSSR count). The van der Waals surface area contributed by atoms with E-state index in [4.69, 9.17) is 17.0 Å². The lowest BCUT2D eigenvalue weighted by molar-refractivity contribution is -0.137. The third-order valence-electron chi connectivity index (χ3n) is 6.67. The zero-order chi connectivity index (χ0) is 28.4. The van der Waals surface area contributed by atoms with Gasteiger partial charge in [0.05, 0.1) is 17.3 Å². The number of nitrogens with zero attached hydrogens (tertiary/aromatic N) is 3. The average molecular weight is 566 g/mol. The molecule has 0 aliphatic carbocycles. The third-order valence-corrected chi connectivity index (χ3v) is 6.99. The Morgan fingerprint density at radius 2 is 1.90 bits per heavy atom. The van der Waals surface area contributed by atoms with Gasteiger partial charge < -0.3 is 24.8 Å². The van der Waals surface area contributed by atoms with Gasteiger partial charge >= 0.3 is 6.18 Å².